The largest absolute Gasteiger partial charge is 0.324 e. The van der Waals surface area contributed by atoms with Crippen molar-refractivity contribution in [2.24, 2.45) is 5.92 Å². The number of carbonyl (C=O) groups excluding carboxylic acids is 1. The Kier molecular flexibility index (Phi) is 4.31. The second kappa shape index (κ2) is 6.54. The highest BCUT2D eigenvalue weighted by atomic mass is 16.1. The highest BCUT2D eigenvalue weighted by Crippen LogP contribution is 2.20. The highest BCUT2D eigenvalue weighted by molar-refractivity contribution is 5.92. The van der Waals surface area contributed by atoms with Gasteiger partial charge in [-0.25, -0.2) is 4.68 Å². The number of benzene rings is 1. The summed E-state index contributed by atoms with van der Waals surface area (Å²) in [5.74, 6) is 0.707. The van der Waals surface area contributed by atoms with Gasteiger partial charge < -0.3 is 10.6 Å². The van der Waals surface area contributed by atoms with E-state index in [1.807, 2.05) is 36.5 Å². The Morgan fingerprint density at radius 1 is 1.38 bits per heavy atom. The van der Waals surface area contributed by atoms with Crippen LogP contribution in [0, 0.1) is 5.92 Å². The summed E-state index contributed by atoms with van der Waals surface area (Å²) >= 11 is 0. The van der Waals surface area contributed by atoms with Gasteiger partial charge in [0.05, 0.1) is 11.4 Å². The van der Waals surface area contributed by atoms with E-state index in [9.17, 15) is 4.79 Å². The molecule has 1 saturated heterocycles. The lowest BCUT2D eigenvalue weighted by Gasteiger charge is -2.12. The molecule has 5 nitrogen and oxygen atoms in total. The molecular weight excluding hydrogens is 264 g/mol. The van der Waals surface area contributed by atoms with Gasteiger partial charge in [0.2, 0.25) is 5.91 Å². The van der Waals surface area contributed by atoms with Gasteiger partial charge in [0, 0.05) is 18.8 Å². The molecular formula is C16H20N4O. The van der Waals surface area contributed by atoms with Gasteiger partial charge >= 0.3 is 0 Å². The molecule has 0 aliphatic carbocycles. The SMILES string of the molecule is O=C(CCC1CCNC1)Nc1ccccc1-n1cccn1. The fraction of sp³-hybridized carbons (Fsp3) is 0.375. The molecule has 1 amide bonds. The van der Waals surface area contributed by atoms with Crippen molar-refractivity contribution in [3.8, 4) is 5.69 Å². The molecule has 0 bridgehead atoms. The molecule has 0 radical (unpaired) electrons. The van der Waals surface area contributed by atoms with Gasteiger partial charge in [-0.1, -0.05) is 12.1 Å². The highest BCUT2D eigenvalue weighted by Gasteiger charge is 2.16. The first-order valence-electron chi connectivity index (χ1n) is 7.42. The Morgan fingerprint density at radius 2 is 2.29 bits per heavy atom. The molecule has 3 rings (SSSR count). The summed E-state index contributed by atoms with van der Waals surface area (Å²) in [4.78, 5) is 12.1. The van der Waals surface area contributed by atoms with Crippen molar-refractivity contribution in [1.82, 2.24) is 15.1 Å². The van der Waals surface area contributed by atoms with Crippen molar-refractivity contribution in [2.45, 2.75) is 19.3 Å². The van der Waals surface area contributed by atoms with Gasteiger partial charge in [-0.3, -0.25) is 4.79 Å². The van der Waals surface area contributed by atoms with Crippen LogP contribution in [0.4, 0.5) is 5.69 Å². The van der Waals surface area contributed by atoms with Crippen molar-refractivity contribution < 1.29 is 4.79 Å². The molecule has 110 valence electrons. The Labute approximate surface area is 124 Å². The lowest BCUT2D eigenvalue weighted by Crippen LogP contribution is -2.16. The molecule has 1 aliphatic heterocycles. The number of rotatable bonds is 5. The van der Waals surface area contributed by atoms with E-state index in [-0.39, 0.29) is 5.91 Å². The molecule has 2 aromatic rings. The number of amides is 1. The Hall–Kier alpha value is -2.14. The Morgan fingerprint density at radius 3 is 3.05 bits per heavy atom. The van der Waals surface area contributed by atoms with E-state index >= 15 is 0 Å². The summed E-state index contributed by atoms with van der Waals surface area (Å²) in [5.41, 5.74) is 1.69. The molecule has 1 aliphatic rings. The Balaban J connectivity index is 1.63. The number of hydrogen-bond acceptors (Lipinski definition) is 3. The summed E-state index contributed by atoms with van der Waals surface area (Å²) < 4.78 is 1.76. The van der Waals surface area contributed by atoms with E-state index in [2.05, 4.69) is 15.7 Å². The summed E-state index contributed by atoms with van der Waals surface area (Å²) in [6, 6.07) is 9.58. The fourth-order valence-corrected chi connectivity index (χ4v) is 2.70. The monoisotopic (exact) mass is 284 g/mol. The van der Waals surface area contributed by atoms with Crippen LogP contribution < -0.4 is 10.6 Å². The van der Waals surface area contributed by atoms with E-state index in [0.717, 1.165) is 30.9 Å². The molecule has 5 heteroatoms. The molecule has 2 N–H and O–H groups in total. The number of carbonyl (C=O) groups is 1. The second-order valence-corrected chi connectivity index (χ2v) is 5.41. The van der Waals surface area contributed by atoms with Gasteiger partial charge in [0.15, 0.2) is 0 Å². The van der Waals surface area contributed by atoms with E-state index in [0.29, 0.717) is 12.3 Å². The minimum absolute atomic E-state index is 0.0708. The zero-order chi connectivity index (χ0) is 14.5. The second-order valence-electron chi connectivity index (χ2n) is 5.41. The smallest absolute Gasteiger partial charge is 0.224 e. The van der Waals surface area contributed by atoms with Crippen LogP contribution in [0.3, 0.4) is 0 Å². The normalized spacial score (nSPS) is 17.8. The van der Waals surface area contributed by atoms with Crippen molar-refractivity contribution >= 4 is 11.6 Å². The molecule has 2 heterocycles. The maximum atomic E-state index is 12.1. The van der Waals surface area contributed by atoms with Crippen molar-refractivity contribution in [2.75, 3.05) is 18.4 Å². The van der Waals surface area contributed by atoms with Crippen LogP contribution in [0.2, 0.25) is 0 Å². The number of aromatic nitrogens is 2. The van der Waals surface area contributed by atoms with Gasteiger partial charge in [-0.05, 0) is 50.0 Å². The standard InChI is InChI=1S/C16H20N4O/c21-16(7-6-13-8-10-17-12-13)19-14-4-1-2-5-15(14)20-11-3-9-18-20/h1-5,9,11,13,17H,6-8,10,12H2,(H,19,21). The topological polar surface area (TPSA) is 59.0 Å². The summed E-state index contributed by atoms with van der Waals surface area (Å²) in [7, 11) is 0. The van der Waals surface area contributed by atoms with E-state index < -0.39 is 0 Å². The molecule has 21 heavy (non-hydrogen) atoms. The van der Waals surface area contributed by atoms with E-state index in [1.165, 1.54) is 6.42 Å². The minimum atomic E-state index is 0.0708. The number of nitrogens with zero attached hydrogens (tertiary/aromatic N) is 2. The molecule has 1 fully saturated rings. The predicted molar refractivity (Wildman–Crippen MR) is 82.4 cm³/mol. The van der Waals surface area contributed by atoms with Crippen LogP contribution in [0.5, 0.6) is 0 Å². The predicted octanol–water partition coefficient (Wildman–Crippen LogP) is 2.20. The van der Waals surface area contributed by atoms with Crippen molar-refractivity contribution in [1.29, 1.82) is 0 Å². The molecule has 1 atom stereocenters. The lowest BCUT2D eigenvalue weighted by molar-refractivity contribution is -0.116. The Bertz CT molecular complexity index is 588. The van der Waals surface area contributed by atoms with Crippen LogP contribution >= 0.6 is 0 Å². The molecule has 1 aromatic carbocycles. The molecule has 0 saturated carbocycles. The number of nitrogens with one attached hydrogen (secondary N) is 2. The maximum Gasteiger partial charge on any atom is 0.224 e. The number of hydrogen-bond donors (Lipinski definition) is 2. The average Bonchev–Trinajstić information content (AvgIpc) is 3.19. The maximum absolute atomic E-state index is 12.1. The van der Waals surface area contributed by atoms with Crippen LogP contribution in [0.1, 0.15) is 19.3 Å². The quantitative estimate of drug-likeness (QED) is 0.885. The molecule has 0 spiro atoms. The van der Waals surface area contributed by atoms with Crippen LogP contribution in [0.25, 0.3) is 5.69 Å². The summed E-state index contributed by atoms with van der Waals surface area (Å²) in [6.45, 7) is 2.12. The first-order chi connectivity index (χ1) is 10.3. The van der Waals surface area contributed by atoms with Gasteiger partial charge in [-0.2, -0.15) is 5.10 Å². The van der Waals surface area contributed by atoms with Crippen LogP contribution in [-0.4, -0.2) is 28.8 Å². The summed E-state index contributed by atoms with van der Waals surface area (Å²) in [6.07, 6.45) is 6.29. The van der Waals surface area contributed by atoms with Gasteiger partial charge in [0.25, 0.3) is 0 Å². The number of para-hydroxylation sites is 2. The third-order valence-corrected chi connectivity index (χ3v) is 3.87. The lowest BCUT2D eigenvalue weighted by atomic mass is 10.0. The zero-order valence-corrected chi connectivity index (χ0v) is 12.0. The zero-order valence-electron chi connectivity index (χ0n) is 12.0. The van der Waals surface area contributed by atoms with Crippen LogP contribution in [0.15, 0.2) is 42.7 Å². The average molecular weight is 284 g/mol. The van der Waals surface area contributed by atoms with Crippen molar-refractivity contribution in [3.05, 3.63) is 42.7 Å². The molecule has 1 aromatic heterocycles. The van der Waals surface area contributed by atoms with Crippen LogP contribution in [-0.2, 0) is 4.79 Å². The third kappa shape index (κ3) is 3.49. The fourth-order valence-electron chi connectivity index (χ4n) is 2.70. The first kappa shape index (κ1) is 13.8. The number of anilines is 1. The molecule has 1 unspecified atom stereocenters. The third-order valence-electron chi connectivity index (χ3n) is 3.87. The van der Waals surface area contributed by atoms with Crippen molar-refractivity contribution in [3.63, 3.8) is 0 Å². The summed E-state index contributed by atoms with van der Waals surface area (Å²) in [5, 5.41) is 10.6. The minimum Gasteiger partial charge on any atom is -0.324 e. The van der Waals surface area contributed by atoms with Gasteiger partial charge in [0.1, 0.15) is 0 Å². The first-order valence-corrected chi connectivity index (χ1v) is 7.42. The van der Waals surface area contributed by atoms with E-state index in [1.54, 1.807) is 10.9 Å². The van der Waals surface area contributed by atoms with E-state index in [4.69, 9.17) is 0 Å². The van der Waals surface area contributed by atoms with Gasteiger partial charge in [-0.15, -0.1) is 0 Å².